The van der Waals surface area contributed by atoms with Crippen LogP contribution >= 0.6 is 7.14 Å². The Kier molecular flexibility index (Phi) is 4.88. The van der Waals surface area contributed by atoms with Gasteiger partial charge in [0.25, 0.3) is 0 Å². The van der Waals surface area contributed by atoms with Crippen molar-refractivity contribution in [3.63, 3.8) is 0 Å². The smallest absolute Gasteiger partial charge is 0.175 e. The van der Waals surface area contributed by atoms with Crippen LogP contribution in [0.15, 0.2) is 145 Å². The van der Waals surface area contributed by atoms with Crippen LogP contribution in [-0.4, -0.2) is 9.55 Å². The Morgan fingerprint density at radius 1 is 0.651 bits per heavy atom. The number of para-hydroxylation sites is 1. The summed E-state index contributed by atoms with van der Waals surface area (Å²) in [6, 6.07) is 35.9. The summed E-state index contributed by atoms with van der Waals surface area (Å²) in [6.45, 7) is 2.09. The molecule has 0 amide bonds. The van der Waals surface area contributed by atoms with Crippen LogP contribution in [0.25, 0.3) is 50.1 Å². The van der Waals surface area contributed by atoms with Crippen LogP contribution in [0.3, 0.4) is 0 Å². The van der Waals surface area contributed by atoms with Crippen LogP contribution in [-0.2, 0) is 11.0 Å². The minimum absolute atomic E-state index is 0.189. The van der Waals surface area contributed by atoms with Crippen molar-refractivity contribution in [2.75, 3.05) is 0 Å². The van der Waals surface area contributed by atoms with E-state index < -0.39 is 13.2 Å². The van der Waals surface area contributed by atoms with Crippen molar-refractivity contribution < 1.29 is 11.4 Å². The van der Waals surface area contributed by atoms with Gasteiger partial charge in [-0.1, -0.05) is 134 Å². The molecule has 8 rings (SSSR count). The first-order valence-corrected chi connectivity index (χ1v) is 16.0. The molecule has 7 aromatic rings. The highest BCUT2D eigenvalue weighted by Gasteiger charge is 2.40. The summed E-state index contributed by atoms with van der Waals surface area (Å²) in [4.78, 5) is 5.16. The summed E-state index contributed by atoms with van der Waals surface area (Å²) in [5, 5.41) is 2.43. The molecule has 1 aliphatic heterocycles. The van der Waals surface area contributed by atoms with Gasteiger partial charge in [0.05, 0.1) is 23.6 Å². The zero-order valence-electron chi connectivity index (χ0n) is 28.4. The molecule has 1 aliphatic rings. The van der Waals surface area contributed by atoms with Crippen LogP contribution in [0.1, 0.15) is 19.6 Å². The van der Waals surface area contributed by atoms with E-state index in [1.54, 1.807) is 12.1 Å². The number of imidazole rings is 1. The maximum absolute atomic E-state index is 15.3. The van der Waals surface area contributed by atoms with Crippen LogP contribution in [0.4, 0.5) is 0 Å². The van der Waals surface area contributed by atoms with Gasteiger partial charge < -0.3 is 4.57 Å². The Morgan fingerprint density at radius 2 is 1.26 bits per heavy atom. The van der Waals surface area contributed by atoms with Crippen molar-refractivity contribution in [1.82, 2.24) is 9.55 Å². The molecule has 6 aromatic carbocycles. The third-order valence-corrected chi connectivity index (χ3v) is 11.4. The lowest BCUT2D eigenvalue weighted by Crippen LogP contribution is -2.33. The average molecular weight is 578 g/mol. The molecule has 1 atom stereocenters. The standard InChI is InChI=1S/C39H29N2OP/c1-2-37-40-38-33(31-23-21-30(22-24-31)29-19-17-28(18-20-29)27-11-5-3-6-12-27)25-26-36-39(38)41(37)34-15-9-10-16-35(34)43(36,42)32-13-7-4-8-14-32/h3-26H,2H2,1H3/i3D,5D,6D,11D,12D. The molecule has 0 fully saturated rings. The molecular weight excluding hydrogens is 543 g/mol. The van der Waals surface area contributed by atoms with Crippen molar-refractivity contribution in [3.05, 3.63) is 151 Å². The molecule has 4 heteroatoms. The quantitative estimate of drug-likeness (QED) is 0.192. The summed E-state index contributed by atoms with van der Waals surface area (Å²) in [6.07, 6.45) is 0.718. The van der Waals surface area contributed by atoms with Crippen LogP contribution in [0.2, 0.25) is 0 Å². The van der Waals surface area contributed by atoms with Crippen LogP contribution in [0, 0.1) is 0 Å². The Bertz CT molecular complexity index is 2430. The largest absolute Gasteiger partial charge is 0.308 e. The van der Waals surface area contributed by atoms with E-state index >= 15 is 4.57 Å². The third-order valence-electron chi connectivity index (χ3n) is 8.29. The van der Waals surface area contributed by atoms with Gasteiger partial charge in [-0.15, -0.1) is 0 Å². The highest BCUT2D eigenvalue weighted by molar-refractivity contribution is 7.86. The van der Waals surface area contributed by atoms with Crippen LogP contribution < -0.4 is 15.9 Å². The third kappa shape index (κ3) is 3.96. The number of rotatable bonds is 5. The second-order valence-electron chi connectivity index (χ2n) is 10.6. The van der Waals surface area contributed by atoms with Gasteiger partial charge in [-0.3, -0.25) is 4.57 Å². The van der Waals surface area contributed by atoms with Gasteiger partial charge >= 0.3 is 0 Å². The minimum Gasteiger partial charge on any atom is -0.308 e. The lowest BCUT2D eigenvalue weighted by atomic mass is 9.97. The first-order valence-electron chi connectivity index (χ1n) is 16.8. The maximum atomic E-state index is 15.3. The second-order valence-corrected chi connectivity index (χ2v) is 13.3. The molecule has 0 bridgehead atoms. The molecule has 43 heavy (non-hydrogen) atoms. The Balaban J connectivity index is 1.22. The zero-order valence-corrected chi connectivity index (χ0v) is 24.3. The number of fused-ring (bicyclic) bond motifs is 2. The van der Waals surface area contributed by atoms with E-state index in [-0.39, 0.29) is 29.7 Å². The number of aromatic nitrogens is 2. The molecular formula is C39H29N2OP. The molecule has 0 saturated heterocycles. The van der Waals surface area contributed by atoms with E-state index in [9.17, 15) is 0 Å². The van der Waals surface area contributed by atoms with Gasteiger partial charge in [0.2, 0.25) is 0 Å². The number of benzene rings is 6. The van der Waals surface area contributed by atoms with Gasteiger partial charge in [0.1, 0.15) is 5.82 Å². The van der Waals surface area contributed by atoms with E-state index in [1.165, 1.54) is 0 Å². The number of nitrogens with zero attached hydrogens (tertiary/aromatic N) is 2. The normalized spacial score (nSPS) is 17.0. The Labute approximate surface area is 258 Å². The van der Waals surface area contributed by atoms with Crippen molar-refractivity contribution in [1.29, 1.82) is 0 Å². The molecule has 2 heterocycles. The first-order chi connectivity index (χ1) is 23.2. The van der Waals surface area contributed by atoms with Crippen molar-refractivity contribution >= 4 is 34.1 Å². The Morgan fingerprint density at radius 3 is 1.93 bits per heavy atom. The van der Waals surface area contributed by atoms with E-state index in [4.69, 9.17) is 11.8 Å². The maximum Gasteiger partial charge on any atom is 0.175 e. The van der Waals surface area contributed by atoms with E-state index in [1.807, 2.05) is 91.0 Å². The molecule has 206 valence electrons. The fourth-order valence-electron chi connectivity index (χ4n) is 6.23. The number of aryl methyl sites for hydroxylation is 1. The molecule has 0 spiro atoms. The molecule has 0 radical (unpaired) electrons. The summed E-state index contributed by atoms with van der Waals surface area (Å²) >= 11 is 0. The van der Waals surface area contributed by atoms with Gasteiger partial charge in [0, 0.05) is 27.9 Å². The fraction of sp³-hybridized carbons (Fsp3) is 0.0513. The van der Waals surface area contributed by atoms with Crippen LogP contribution in [0.5, 0.6) is 0 Å². The first kappa shape index (κ1) is 20.8. The summed E-state index contributed by atoms with van der Waals surface area (Å²) in [5.74, 6) is 0.918. The van der Waals surface area contributed by atoms with Crippen molar-refractivity contribution in [3.8, 4) is 39.1 Å². The average Bonchev–Trinajstić information content (AvgIpc) is 3.53. The summed E-state index contributed by atoms with van der Waals surface area (Å²) in [5.41, 5.74) is 7.24. The van der Waals surface area contributed by atoms with Gasteiger partial charge in [-0.05, 0) is 46.0 Å². The molecule has 3 nitrogen and oxygen atoms in total. The predicted molar refractivity (Wildman–Crippen MR) is 180 cm³/mol. The Hall–Kier alpha value is -4.98. The molecule has 0 saturated carbocycles. The lowest BCUT2D eigenvalue weighted by molar-refractivity contribution is 0.592. The van der Waals surface area contributed by atoms with Gasteiger partial charge in [-0.25, -0.2) is 4.98 Å². The fourth-order valence-corrected chi connectivity index (χ4v) is 9.22. The number of hydrogen-bond donors (Lipinski definition) is 0. The van der Waals surface area contributed by atoms with Gasteiger partial charge in [-0.2, -0.15) is 0 Å². The van der Waals surface area contributed by atoms with Crippen molar-refractivity contribution in [2.24, 2.45) is 0 Å². The topological polar surface area (TPSA) is 34.9 Å². The van der Waals surface area contributed by atoms with Gasteiger partial charge in [0.15, 0.2) is 7.14 Å². The SMILES string of the molecule is [2H]c1c([2H])c([2H])c(-c2ccc(-c3ccc(-c4ccc5c6c4nc(CC)n6-c4ccccc4P5(=O)c4ccccc4)cc3)cc2)c([2H])c1[2H]. The molecule has 0 N–H and O–H groups in total. The molecule has 0 aliphatic carbocycles. The second kappa shape index (κ2) is 10.1. The summed E-state index contributed by atoms with van der Waals surface area (Å²) in [7, 11) is -3.18. The van der Waals surface area contributed by atoms with E-state index in [0.29, 0.717) is 5.56 Å². The summed E-state index contributed by atoms with van der Waals surface area (Å²) < 4.78 is 58.1. The molecule has 1 aromatic heterocycles. The zero-order chi connectivity index (χ0) is 33.3. The predicted octanol–water partition coefficient (Wildman–Crippen LogP) is 8.54. The highest BCUT2D eigenvalue weighted by atomic mass is 31.2. The van der Waals surface area contributed by atoms with E-state index in [0.717, 1.165) is 67.1 Å². The lowest BCUT2D eigenvalue weighted by Gasteiger charge is -2.29. The monoisotopic (exact) mass is 577 g/mol. The van der Waals surface area contributed by atoms with Crippen molar-refractivity contribution in [2.45, 2.75) is 13.3 Å². The molecule has 1 unspecified atom stereocenters. The van der Waals surface area contributed by atoms with E-state index in [2.05, 4.69) is 23.6 Å². The number of hydrogen-bond acceptors (Lipinski definition) is 2. The highest BCUT2D eigenvalue weighted by Crippen LogP contribution is 2.50. The minimum atomic E-state index is -3.18.